The Kier molecular flexibility index (Phi) is 6.04. The molecule has 0 fully saturated rings. The predicted octanol–water partition coefficient (Wildman–Crippen LogP) is 2.92. The first kappa shape index (κ1) is 13.0. The first-order valence-corrected chi connectivity index (χ1v) is 3.67. The molecule has 0 atom stereocenters. The smallest absolute Gasteiger partial charge is 0.268 e. The van der Waals surface area contributed by atoms with Gasteiger partial charge in [0.05, 0.1) is 0 Å². The summed E-state index contributed by atoms with van der Waals surface area (Å²) in [4.78, 5) is 0. The van der Waals surface area contributed by atoms with Crippen LogP contribution in [-0.4, -0.2) is 5.92 Å². The van der Waals surface area contributed by atoms with Crippen LogP contribution >= 0.6 is 0 Å². The Bertz CT molecular complexity index is 130. The van der Waals surface area contributed by atoms with Gasteiger partial charge in [-0.05, 0) is 13.8 Å². The van der Waals surface area contributed by atoms with Crippen molar-refractivity contribution in [3.05, 3.63) is 11.3 Å². The van der Waals surface area contributed by atoms with E-state index in [1.54, 1.807) is 0 Å². The van der Waals surface area contributed by atoms with Crippen LogP contribution in [0.3, 0.4) is 0 Å². The third-order valence-electron chi connectivity index (χ3n) is 1.25. The highest BCUT2D eigenvalue weighted by atomic mass is 19.3. The summed E-state index contributed by atoms with van der Waals surface area (Å²) in [6.45, 7) is 7.63. The van der Waals surface area contributed by atoms with Crippen LogP contribution in [0.5, 0.6) is 0 Å². The van der Waals surface area contributed by atoms with Gasteiger partial charge < -0.3 is 5.73 Å². The molecule has 0 spiro atoms. The summed E-state index contributed by atoms with van der Waals surface area (Å²) < 4.78 is 24.5. The molecule has 0 radical (unpaired) electrons. The zero-order valence-corrected chi connectivity index (χ0v) is 7.83. The maximum Gasteiger partial charge on any atom is 0.268 e. The molecule has 0 heterocycles. The van der Waals surface area contributed by atoms with Gasteiger partial charge in [0, 0.05) is 18.2 Å². The monoisotopic (exact) mass is 165 g/mol. The van der Waals surface area contributed by atoms with Gasteiger partial charge in [-0.25, -0.2) is 8.78 Å². The molecule has 0 aliphatic heterocycles. The molecule has 0 aromatic carbocycles. The number of halogens is 2. The summed E-state index contributed by atoms with van der Waals surface area (Å²) in [6, 6.07) is 0. The Labute approximate surface area is 67.3 Å². The fourth-order valence-electron chi connectivity index (χ4n) is 0.346. The number of hydrogen-bond donors (Lipinski definition) is 1. The molecule has 3 heteroatoms. The maximum atomic E-state index is 12.2. The maximum absolute atomic E-state index is 12.2. The summed E-state index contributed by atoms with van der Waals surface area (Å²) in [7, 11) is 0. The number of allylic oxidation sites excluding steroid dienone is 2. The van der Waals surface area contributed by atoms with E-state index in [1.807, 2.05) is 13.8 Å². The van der Waals surface area contributed by atoms with Crippen molar-refractivity contribution in [1.29, 1.82) is 0 Å². The first-order chi connectivity index (χ1) is 4.85. The normalized spacial score (nSPS) is 13.0. The fraction of sp³-hybridized carbons (Fsp3) is 0.750. The number of alkyl halides is 2. The molecular formula is C8H17F2N. The molecule has 0 aromatic rings. The Balaban J connectivity index is 0. The van der Waals surface area contributed by atoms with E-state index in [0.29, 0.717) is 0 Å². The summed E-state index contributed by atoms with van der Waals surface area (Å²) in [5.41, 5.74) is 5.27. The molecule has 0 amide bonds. The van der Waals surface area contributed by atoms with Crippen molar-refractivity contribution < 1.29 is 8.78 Å². The molecule has 0 saturated heterocycles. The molecule has 0 rings (SSSR count). The highest BCUT2D eigenvalue weighted by Crippen LogP contribution is 2.23. The molecular weight excluding hydrogens is 148 g/mol. The number of rotatable bonds is 1. The van der Waals surface area contributed by atoms with Crippen LogP contribution in [0.2, 0.25) is 0 Å². The largest absolute Gasteiger partial charge is 0.402 e. The lowest BCUT2D eigenvalue weighted by Crippen LogP contribution is -2.15. The second-order valence-corrected chi connectivity index (χ2v) is 2.20. The third-order valence-corrected chi connectivity index (χ3v) is 1.25. The highest BCUT2D eigenvalue weighted by molar-refractivity contribution is 5.13. The Morgan fingerprint density at radius 3 is 1.45 bits per heavy atom. The van der Waals surface area contributed by atoms with Gasteiger partial charge in [0.25, 0.3) is 5.92 Å². The predicted molar refractivity (Wildman–Crippen MR) is 44.5 cm³/mol. The van der Waals surface area contributed by atoms with E-state index in [9.17, 15) is 8.78 Å². The second-order valence-electron chi connectivity index (χ2n) is 2.20. The van der Waals surface area contributed by atoms with E-state index in [-0.39, 0.29) is 11.3 Å². The topological polar surface area (TPSA) is 26.0 Å². The third kappa shape index (κ3) is 5.83. The van der Waals surface area contributed by atoms with Crippen LogP contribution < -0.4 is 5.73 Å². The van der Waals surface area contributed by atoms with Gasteiger partial charge in [-0.15, -0.1) is 0 Å². The molecule has 68 valence electrons. The van der Waals surface area contributed by atoms with Crippen LogP contribution in [0.1, 0.15) is 34.6 Å². The molecule has 11 heavy (non-hydrogen) atoms. The van der Waals surface area contributed by atoms with Crippen molar-refractivity contribution in [1.82, 2.24) is 0 Å². The fourth-order valence-corrected chi connectivity index (χ4v) is 0.346. The number of nitrogens with two attached hydrogens (primary N) is 1. The molecule has 0 saturated carbocycles. The van der Waals surface area contributed by atoms with Crippen molar-refractivity contribution >= 4 is 0 Å². The lowest BCUT2D eigenvalue weighted by Gasteiger charge is -2.11. The molecule has 0 aliphatic rings. The van der Waals surface area contributed by atoms with Gasteiger partial charge in [-0.3, -0.25) is 0 Å². The SMILES string of the molecule is CC.CC(N)=C(C)C(C)(F)F. The van der Waals surface area contributed by atoms with Gasteiger partial charge in [0.2, 0.25) is 0 Å². The van der Waals surface area contributed by atoms with E-state index < -0.39 is 5.92 Å². The minimum atomic E-state index is -2.77. The minimum absolute atomic E-state index is 0.0532. The van der Waals surface area contributed by atoms with Gasteiger partial charge >= 0.3 is 0 Å². The summed E-state index contributed by atoms with van der Waals surface area (Å²) in [5.74, 6) is -2.77. The summed E-state index contributed by atoms with van der Waals surface area (Å²) in [5, 5.41) is 0. The van der Waals surface area contributed by atoms with Crippen molar-refractivity contribution in [3.8, 4) is 0 Å². The number of hydrogen-bond acceptors (Lipinski definition) is 1. The van der Waals surface area contributed by atoms with Crippen LogP contribution in [0, 0.1) is 0 Å². The van der Waals surface area contributed by atoms with E-state index in [2.05, 4.69) is 0 Å². The van der Waals surface area contributed by atoms with E-state index in [1.165, 1.54) is 13.8 Å². The van der Waals surface area contributed by atoms with E-state index in [4.69, 9.17) is 5.73 Å². The minimum Gasteiger partial charge on any atom is -0.402 e. The van der Waals surface area contributed by atoms with Crippen LogP contribution in [-0.2, 0) is 0 Å². The van der Waals surface area contributed by atoms with Crippen LogP contribution in [0.15, 0.2) is 11.3 Å². The Morgan fingerprint density at radius 1 is 1.18 bits per heavy atom. The van der Waals surface area contributed by atoms with Crippen molar-refractivity contribution in [3.63, 3.8) is 0 Å². The molecule has 0 aliphatic carbocycles. The standard InChI is InChI=1S/C6H11F2N.C2H6/c1-4(5(2)9)6(3,7)8;1-2/h9H2,1-3H3;1-2H3. The zero-order valence-electron chi connectivity index (χ0n) is 7.83. The van der Waals surface area contributed by atoms with Crippen molar-refractivity contribution in [2.75, 3.05) is 0 Å². The molecule has 2 N–H and O–H groups in total. The second kappa shape index (κ2) is 5.10. The molecule has 0 bridgehead atoms. The molecule has 0 unspecified atom stereocenters. The highest BCUT2D eigenvalue weighted by Gasteiger charge is 2.24. The van der Waals surface area contributed by atoms with Gasteiger partial charge in [0.1, 0.15) is 0 Å². The Hall–Kier alpha value is -0.600. The first-order valence-electron chi connectivity index (χ1n) is 3.67. The Morgan fingerprint density at radius 2 is 1.45 bits per heavy atom. The molecule has 0 aromatic heterocycles. The zero-order chi connectivity index (χ0) is 9.65. The summed E-state index contributed by atoms with van der Waals surface area (Å²) in [6.07, 6.45) is 0. The van der Waals surface area contributed by atoms with E-state index in [0.717, 1.165) is 6.92 Å². The van der Waals surface area contributed by atoms with Crippen LogP contribution in [0.25, 0.3) is 0 Å². The lowest BCUT2D eigenvalue weighted by atomic mass is 10.1. The molecule has 1 nitrogen and oxygen atoms in total. The average molecular weight is 165 g/mol. The quantitative estimate of drug-likeness (QED) is 0.635. The van der Waals surface area contributed by atoms with Crippen molar-refractivity contribution in [2.45, 2.75) is 40.5 Å². The van der Waals surface area contributed by atoms with E-state index >= 15 is 0 Å². The van der Waals surface area contributed by atoms with Gasteiger partial charge in [0.15, 0.2) is 0 Å². The summed E-state index contributed by atoms with van der Waals surface area (Å²) >= 11 is 0. The van der Waals surface area contributed by atoms with Gasteiger partial charge in [-0.1, -0.05) is 13.8 Å². The lowest BCUT2D eigenvalue weighted by molar-refractivity contribution is 0.0623. The van der Waals surface area contributed by atoms with Crippen molar-refractivity contribution in [2.24, 2.45) is 5.73 Å². The van der Waals surface area contributed by atoms with Crippen LogP contribution in [0.4, 0.5) is 8.78 Å². The van der Waals surface area contributed by atoms with Gasteiger partial charge in [-0.2, -0.15) is 0 Å². The average Bonchev–Trinajstić information content (AvgIpc) is 1.89.